The summed E-state index contributed by atoms with van der Waals surface area (Å²) in [7, 11) is 0. The van der Waals surface area contributed by atoms with Crippen LogP contribution in [-0.2, 0) is 16.0 Å². The van der Waals surface area contributed by atoms with Gasteiger partial charge >= 0.3 is 6.09 Å². The first kappa shape index (κ1) is 21.0. The molecule has 0 aliphatic carbocycles. The fourth-order valence-corrected chi connectivity index (χ4v) is 2.36. The van der Waals surface area contributed by atoms with Crippen LogP contribution in [0.2, 0.25) is 0 Å². The number of amides is 2. The Morgan fingerprint density at radius 3 is 2.36 bits per heavy atom. The quantitative estimate of drug-likeness (QED) is 0.827. The standard InChI is InChI=1S/C20H32N2O3/c1-13(2)17(22-19(24)25-20(5,6)7)12-21-18(23)11-16-10-14(3)8-9-15(16)4/h8-10,13,17H,11-12H2,1-7H3,(H,21,23)(H,22,24). The summed E-state index contributed by atoms with van der Waals surface area (Å²) < 4.78 is 5.29. The Labute approximate surface area is 151 Å². The molecule has 1 atom stereocenters. The molecule has 0 radical (unpaired) electrons. The number of benzene rings is 1. The van der Waals surface area contributed by atoms with Crippen LogP contribution in [0.5, 0.6) is 0 Å². The first-order valence-electron chi connectivity index (χ1n) is 8.80. The summed E-state index contributed by atoms with van der Waals surface area (Å²) in [6, 6.07) is 5.92. The maximum absolute atomic E-state index is 12.3. The van der Waals surface area contributed by atoms with E-state index in [0.717, 1.165) is 16.7 Å². The minimum Gasteiger partial charge on any atom is -0.444 e. The Hall–Kier alpha value is -2.04. The van der Waals surface area contributed by atoms with Gasteiger partial charge in [-0.15, -0.1) is 0 Å². The van der Waals surface area contributed by atoms with Gasteiger partial charge in [0.05, 0.1) is 12.5 Å². The van der Waals surface area contributed by atoms with Crippen LogP contribution in [0, 0.1) is 19.8 Å². The fraction of sp³-hybridized carbons (Fsp3) is 0.600. The van der Waals surface area contributed by atoms with Gasteiger partial charge in [-0.05, 0) is 51.7 Å². The van der Waals surface area contributed by atoms with E-state index < -0.39 is 11.7 Å². The van der Waals surface area contributed by atoms with E-state index in [9.17, 15) is 9.59 Å². The highest BCUT2D eigenvalue weighted by atomic mass is 16.6. The van der Waals surface area contributed by atoms with Crippen molar-refractivity contribution < 1.29 is 14.3 Å². The maximum atomic E-state index is 12.3. The van der Waals surface area contributed by atoms with Crippen LogP contribution in [-0.4, -0.2) is 30.2 Å². The van der Waals surface area contributed by atoms with Crippen molar-refractivity contribution in [1.82, 2.24) is 10.6 Å². The Morgan fingerprint density at radius 2 is 1.80 bits per heavy atom. The molecule has 5 nitrogen and oxygen atoms in total. The lowest BCUT2D eigenvalue weighted by Crippen LogP contribution is -2.48. The van der Waals surface area contributed by atoms with Gasteiger partial charge < -0.3 is 15.4 Å². The Morgan fingerprint density at radius 1 is 1.16 bits per heavy atom. The number of nitrogens with one attached hydrogen (secondary N) is 2. The Bertz CT molecular complexity index is 603. The lowest BCUT2D eigenvalue weighted by Gasteiger charge is -2.26. The van der Waals surface area contributed by atoms with Gasteiger partial charge in [0.1, 0.15) is 5.60 Å². The van der Waals surface area contributed by atoms with Crippen molar-refractivity contribution in [3.8, 4) is 0 Å². The molecule has 0 saturated carbocycles. The number of carbonyl (C=O) groups excluding carboxylic acids is 2. The van der Waals surface area contributed by atoms with E-state index in [2.05, 4.69) is 10.6 Å². The summed E-state index contributed by atoms with van der Waals surface area (Å²) in [5.41, 5.74) is 2.73. The number of rotatable bonds is 6. The van der Waals surface area contributed by atoms with Gasteiger partial charge in [0.15, 0.2) is 0 Å². The summed E-state index contributed by atoms with van der Waals surface area (Å²) in [5.74, 6) is 0.124. The van der Waals surface area contributed by atoms with Crippen molar-refractivity contribution in [3.05, 3.63) is 34.9 Å². The van der Waals surface area contributed by atoms with Gasteiger partial charge in [-0.1, -0.05) is 37.6 Å². The zero-order valence-corrected chi connectivity index (χ0v) is 16.5. The van der Waals surface area contributed by atoms with Crippen LogP contribution in [0.25, 0.3) is 0 Å². The van der Waals surface area contributed by atoms with Crippen molar-refractivity contribution in [2.45, 2.75) is 66.5 Å². The van der Waals surface area contributed by atoms with Crippen LogP contribution < -0.4 is 10.6 Å². The van der Waals surface area contributed by atoms with Crippen LogP contribution in [0.4, 0.5) is 4.79 Å². The molecule has 0 aliphatic rings. The average Bonchev–Trinajstić information content (AvgIpc) is 2.45. The summed E-state index contributed by atoms with van der Waals surface area (Å²) in [6.45, 7) is 13.9. The molecule has 0 spiro atoms. The van der Waals surface area contributed by atoms with Crippen molar-refractivity contribution >= 4 is 12.0 Å². The van der Waals surface area contributed by atoms with Gasteiger partial charge in [-0.3, -0.25) is 4.79 Å². The molecule has 0 bridgehead atoms. The highest BCUT2D eigenvalue weighted by molar-refractivity contribution is 5.79. The first-order chi connectivity index (χ1) is 11.5. The van der Waals surface area contributed by atoms with E-state index >= 15 is 0 Å². The summed E-state index contributed by atoms with van der Waals surface area (Å²) in [6.07, 6.45) is -0.125. The molecule has 0 saturated heterocycles. The molecule has 1 rings (SSSR count). The van der Waals surface area contributed by atoms with Crippen molar-refractivity contribution in [2.75, 3.05) is 6.54 Å². The van der Waals surface area contributed by atoms with Gasteiger partial charge in [0.25, 0.3) is 0 Å². The second-order valence-corrected chi connectivity index (χ2v) is 7.91. The van der Waals surface area contributed by atoms with E-state index in [4.69, 9.17) is 4.74 Å². The topological polar surface area (TPSA) is 67.4 Å². The highest BCUT2D eigenvalue weighted by Gasteiger charge is 2.22. The Balaban J connectivity index is 2.58. The van der Waals surface area contributed by atoms with Gasteiger partial charge in [0.2, 0.25) is 5.91 Å². The van der Waals surface area contributed by atoms with E-state index in [1.165, 1.54) is 0 Å². The molecular weight excluding hydrogens is 316 g/mol. The lowest BCUT2D eigenvalue weighted by molar-refractivity contribution is -0.120. The van der Waals surface area contributed by atoms with Gasteiger partial charge in [0, 0.05) is 6.54 Å². The molecule has 0 heterocycles. The lowest BCUT2D eigenvalue weighted by atomic mass is 10.0. The maximum Gasteiger partial charge on any atom is 0.407 e. The van der Waals surface area contributed by atoms with E-state index in [1.54, 1.807) is 0 Å². The van der Waals surface area contributed by atoms with Crippen molar-refractivity contribution in [3.63, 3.8) is 0 Å². The number of alkyl carbamates (subject to hydrolysis) is 1. The zero-order chi connectivity index (χ0) is 19.2. The molecule has 5 heteroatoms. The second kappa shape index (κ2) is 8.88. The van der Waals surface area contributed by atoms with Crippen molar-refractivity contribution in [2.24, 2.45) is 5.92 Å². The van der Waals surface area contributed by atoms with Crippen LogP contribution in [0.1, 0.15) is 51.3 Å². The molecule has 0 fully saturated rings. The monoisotopic (exact) mass is 348 g/mol. The van der Waals surface area contributed by atoms with Gasteiger partial charge in [-0.25, -0.2) is 4.79 Å². The van der Waals surface area contributed by atoms with Crippen molar-refractivity contribution in [1.29, 1.82) is 0 Å². The molecule has 140 valence electrons. The van der Waals surface area contributed by atoms with E-state index in [-0.39, 0.29) is 17.9 Å². The predicted molar refractivity (Wildman–Crippen MR) is 101 cm³/mol. The first-order valence-corrected chi connectivity index (χ1v) is 8.80. The molecule has 1 aromatic carbocycles. The molecule has 25 heavy (non-hydrogen) atoms. The third kappa shape index (κ3) is 8.05. The molecule has 2 N–H and O–H groups in total. The smallest absolute Gasteiger partial charge is 0.407 e. The molecule has 0 aliphatic heterocycles. The number of carbonyl (C=O) groups is 2. The van der Waals surface area contributed by atoms with E-state index in [0.29, 0.717) is 13.0 Å². The minimum absolute atomic E-state index is 0.0506. The van der Waals surface area contributed by atoms with E-state index in [1.807, 2.05) is 66.7 Å². The van der Waals surface area contributed by atoms with Crippen LogP contribution in [0.3, 0.4) is 0 Å². The molecular formula is C20H32N2O3. The number of hydrogen-bond donors (Lipinski definition) is 2. The largest absolute Gasteiger partial charge is 0.444 e. The van der Waals surface area contributed by atoms with Crippen LogP contribution >= 0.6 is 0 Å². The van der Waals surface area contributed by atoms with Gasteiger partial charge in [-0.2, -0.15) is 0 Å². The second-order valence-electron chi connectivity index (χ2n) is 7.91. The summed E-state index contributed by atoms with van der Waals surface area (Å²) in [4.78, 5) is 24.2. The minimum atomic E-state index is -0.544. The van der Waals surface area contributed by atoms with Crippen LogP contribution in [0.15, 0.2) is 18.2 Å². The molecule has 1 unspecified atom stereocenters. The number of aryl methyl sites for hydroxylation is 2. The summed E-state index contributed by atoms with van der Waals surface area (Å²) in [5, 5.41) is 5.76. The summed E-state index contributed by atoms with van der Waals surface area (Å²) >= 11 is 0. The normalized spacial score (nSPS) is 12.6. The number of ether oxygens (including phenoxy) is 1. The Kier molecular flexibility index (Phi) is 7.46. The molecule has 1 aromatic rings. The zero-order valence-electron chi connectivity index (χ0n) is 16.5. The molecule has 2 amide bonds. The third-order valence-corrected chi connectivity index (χ3v) is 3.88. The number of hydrogen-bond acceptors (Lipinski definition) is 3. The average molecular weight is 348 g/mol. The molecule has 0 aromatic heterocycles. The highest BCUT2D eigenvalue weighted by Crippen LogP contribution is 2.12. The third-order valence-electron chi connectivity index (χ3n) is 3.88. The predicted octanol–water partition coefficient (Wildman–Crippen LogP) is 3.51. The SMILES string of the molecule is Cc1ccc(C)c(CC(=O)NCC(NC(=O)OC(C)(C)C)C(C)C)c1. The fourth-order valence-electron chi connectivity index (χ4n) is 2.36.